The molecule has 0 saturated carbocycles. The van der Waals surface area contributed by atoms with Crippen LogP contribution in [0.1, 0.15) is 38.2 Å². The molecule has 0 aromatic heterocycles. The number of nitrogens with one attached hydrogen (secondary N) is 2. The molecule has 0 radical (unpaired) electrons. The molecule has 0 unspecified atom stereocenters. The fourth-order valence-electron chi connectivity index (χ4n) is 3.29. The smallest absolute Gasteiger partial charge is 0.321 e. The number of piperidine rings is 1. The molecule has 1 aliphatic rings. The van der Waals surface area contributed by atoms with Gasteiger partial charge in [-0.2, -0.15) is 0 Å². The summed E-state index contributed by atoms with van der Waals surface area (Å²) in [7, 11) is 0. The second kappa shape index (κ2) is 8.71. The molecule has 2 aromatic rings. The number of amides is 3. The molecule has 3 rings (SSSR count). The molecule has 0 bridgehead atoms. The van der Waals surface area contributed by atoms with E-state index in [9.17, 15) is 9.59 Å². The van der Waals surface area contributed by atoms with Gasteiger partial charge in [0.25, 0.3) is 0 Å². The first-order chi connectivity index (χ1) is 13.0. The van der Waals surface area contributed by atoms with Crippen LogP contribution in [0.25, 0.3) is 0 Å². The molecule has 2 aromatic carbocycles. The zero-order valence-electron chi connectivity index (χ0n) is 15.9. The Morgan fingerprint density at radius 1 is 0.926 bits per heavy atom. The van der Waals surface area contributed by atoms with E-state index in [0.29, 0.717) is 31.8 Å². The van der Waals surface area contributed by atoms with Gasteiger partial charge in [0.15, 0.2) is 0 Å². The summed E-state index contributed by atoms with van der Waals surface area (Å²) in [5.41, 5.74) is 2.84. The zero-order valence-corrected chi connectivity index (χ0v) is 15.9. The van der Waals surface area contributed by atoms with E-state index in [0.717, 1.165) is 11.4 Å². The normalized spacial score (nSPS) is 14.9. The van der Waals surface area contributed by atoms with E-state index in [1.54, 1.807) is 4.90 Å². The van der Waals surface area contributed by atoms with Crippen molar-refractivity contribution in [1.29, 1.82) is 0 Å². The predicted octanol–water partition coefficient (Wildman–Crippen LogP) is 4.69. The number of hydrogen-bond donors (Lipinski definition) is 2. The van der Waals surface area contributed by atoms with Crippen LogP contribution < -0.4 is 10.6 Å². The summed E-state index contributed by atoms with van der Waals surface area (Å²) in [4.78, 5) is 26.7. The first-order valence-corrected chi connectivity index (χ1v) is 9.54. The molecule has 2 N–H and O–H groups in total. The lowest BCUT2D eigenvalue weighted by molar-refractivity contribution is -0.121. The third-order valence-electron chi connectivity index (χ3n) is 5.00. The number of likely N-dealkylation sites (tertiary alicyclic amines) is 1. The fraction of sp³-hybridized carbons (Fsp3) is 0.364. The van der Waals surface area contributed by atoms with Gasteiger partial charge in [-0.3, -0.25) is 4.79 Å². The fourth-order valence-corrected chi connectivity index (χ4v) is 3.29. The molecule has 142 valence electrons. The highest BCUT2D eigenvalue weighted by molar-refractivity contribution is 5.93. The number of benzene rings is 2. The molecule has 1 fully saturated rings. The largest absolute Gasteiger partial charge is 0.326 e. The number of carbonyl (C=O) groups excluding carboxylic acids is 2. The topological polar surface area (TPSA) is 61.4 Å². The molecule has 0 aliphatic carbocycles. The van der Waals surface area contributed by atoms with E-state index in [1.807, 2.05) is 48.5 Å². The van der Waals surface area contributed by atoms with Gasteiger partial charge in [-0.15, -0.1) is 0 Å². The molecule has 0 atom stereocenters. The Labute approximate surface area is 160 Å². The summed E-state index contributed by atoms with van der Waals surface area (Å²) < 4.78 is 0. The molecule has 0 spiro atoms. The van der Waals surface area contributed by atoms with Crippen molar-refractivity contribution in [2.75, 3.05) is 23.7 Å². The van der Waals surface area contributed by atoms with Crippen molar-refractivity contribution < 1.29 is 9.59 Å². The molecule has 5 heteroatoms. The van der Waals surface area contributed by atoms with E-state index in [-0.39, 0.29) is 17.9 Å². The maximum Gasteiger partial charge on any atom is 0.321 e. The third-order valence-corrected chi connectivity index (χ3v) is 5.00. The second-order valence-corrected chi connectivity index (χ2v) is 7.33. The lowest BCUT2D eigenvalue weighted by Gasteiger charge is -2.31. The van der Waals surface area contributed by atoms with Crippen LogP contribution >= 0.6 is 0 Å². The number of hydrogen-bond acceptors (Lipinski definition) is 2. The van der Waals surface area contributed by atoms with Crippen LogP contribution in [0.15, 0.2) is 54.6 Å². The quantitative estimate of drug-likeness (QED) is 0.825. The average Bonchev–Trinajstić information content (AvgIpc) is 2.69. The van der Waals surface area contributed by atoms with Gasteiger partial charge in [-0.1, -0.05) is 44.2 Å². The van der Waals surface area contributed by atoms with Gasteiger partial charge in [0, 0.05) is 30.4 Å². The minimum absolute atomic E-state index is 0.0408. The standard InChI is InChI=1S/C22H27N3O2/c1-16(2)18-7-6-10-20(15-18)23-21(26)17-11-13-25(14-12-17)22(27)24-19-8-4-3-5-9-19/h3-10,15-17H,11-14H2,1-2H3,(H,23,26)(H,24,27). The summed E-state index contributed by atoms with van der Waals surface area (Å²) in [6.07, 6.45) is 1.36. The third kappa shape index (κ3) is 5.09. The van der Waals surface area contributed by atoms with Gasteiger partial charge in [0.2, 0.25) is 5.91 Å². The summed E-state index contributed by atoms with van der Waals surface area (Å²) in [5.74, 6) is 0.403. The summed E-state index contributed by atoms with van der Waals surface area (Å²) in [6, 6.07) is 17.3. The summed E-state index contributed by atoms with van der Waals surface area (Å²) >= 11 is 0. The van der Waals surface area contributed by atoms with Crippen molar-refractivity contribution in [3.63, 3.8) is 0 Å². The Morgan fingerprint density at radius 2 is 1.59 bits per heavy atom. The number of rotatable bonds is 4. The first-order valence-electron chi connectivity index (χ1n) is 9.54. The Bertz CT molecular complexity index is 781. The average molecular weight is 365 g/mol. The number of urea groups is 1. The summed E-state index contributed by atoms with van der Waals surface area (Å²) in [5, 5.41) is 5.93. The second-order valence-electron chi connectivity index (χ2n) is 7.33. The van der Waals surface area contributed by atoms with E-state index < -0.39 is 0 Å². The van der Waals surface area contributed by atoms with Gasteiger partial charge in [0.05, 0.1) is 0 Å². The van der Waals surface area contributed by atoms with Crippen LogP contribution in [0.5, 0.6) is 0 Å². The van der Waals surface area contributed by atoms with Crippen LogP contribution in [-0.4, -0.2) is 29.9 Å². The van der Waals surface area contributed by atoms with Gasteiger partial charge < -0.3 is 15.5 Å². The van der Waals surface area contributed by atoms with Crippen LogP contribution in [-0.2, 0) is 4.79 Å². The maximum absolute atomic E-state index is 12.6. The van der Waals surface area contributed by atoms with Gasteiger partial charge in [0.1, 0.15) is 0 Å². The van der Waals surface area contributed by atoms with Crippen molar-refractivity contribution in [2.45, 2.75) is 32.6 Å². The Morgan fingerprint density at radius 3 is 2.26 bits per heavy atom. The highest BCUT2D eigenvalue weighted by Crippen LogP contribution is 2.22. The van der Waals surface area contributed by atoms with Crippen LogP contribution in [0, 0.1) is 5.92 Å². The predicted molar refractivity (Wildman–Crippen MR) is 109 cm³/mol. The number of anilines is 2. The molecule has 1 heterocycles. The van der Waals surface area contributed by atoms with Crippen molar-refractivity contribution in [1.82, 2.24) is 4.90 Å². The Balaban J connectivity index is 1.50. The van der Waals surface area contributed by atoms with E-state index in [4.69, 9.17) is 0 Å². The molecule has 1 saturated heterocycles. The Hall–Kier alpha value is -2.82. The highest BCUT2D eigenvalue weighted by atomic mass is 16.2. The van der Waals surface area contributed by atoms with E-state index in [2.05, 4.69) is 30.5 Å². The monoisotopic (exact) mass is 365 g/mol. The maximum atomic E-state index is 12.6. The number of nitrogens with zero attached hydrogens (tertiary/aromatic N) is 1. The molecular weight excluding hydrogens is 338 g/mol. The minimum atomic E-state index is -0.107. The minimum Gasteiger partial charge on any atom is -0.326 e. The van der Waals surface area contributed by atoms with Crippen molar-refractivity contribution in [3.05, 3.63) is 60.2 Å². The van der Waals surface area contributed by atoms with Crippen LogP contribution in [0.2, 0.25) is 0 Å². The lowest BCUT2D eigenvalue weighted by Crippen LogP contribution is -2.43. The molecule has 5 nitrogen and oxygen atoms in total. The number of para-hydroxylation sites is 1. The van der Waals surface area contributed by atoms with Crippen molar-refractivity contribution in [2.24, 2.45) is 5.92 Å². The van der Waals surface area contributed by atoms with Crippen molar-refractivity contribution >= 4 is 23.3 Å². The molecule has 27 heavy (non-hydrogen) atoms. The Kier molecular flexibility index (Phi) is 6.12. The molecule has 1 aliphatic heterocycles. The van der Waals surface area contributed by atoms with Crippen molar-refractivity contribution in [3.8, 4) is 0 Å². The zero-order chi connectivity index (χ0) is 19.2. The molecular formula is C22H27N3O2. The van der Waals surface area contributed by atoms with Gasteiger partial charge >= 0.3 is 6.03 Å². The molecule has 3 amide bonds. The summed E-state index contributed by atoms with van der Waals surface area (Å²) in [6.45, 7) is 5.44. The lowest BCUT2D eigenvalue weighted by atomic mass is 9.95. The van der Waals surface area contributed by atoms with E-state index >= 15 is 0 Å². The van der Waals surface area contributed by atoms with Gasteiger partial charge in [-0.05, 0) is 48.6 Å². The van der Waals surface area contributed by atoms with Crippen LogP contribution in [0.4, 0.5) is 16.2 Å². The van der Waals surface area contributed by atoms with Crippen LogP contribution in [0.3, 0.4) is 0 Å². The van der Waals surface area contributed by atoms with Gasteiger partial charge in [-0.25, -0.2) is 4.79 Å². The first kappa shape index (κ1) is 19.0. The highest BCUT2D eigenvalue weighted by Gasteiger charge is 2.27. The SMILES string of the molecule is CC(C)c1cccc(NC(=O)C2CCN(C(=O)Nc3ccccc3)CC2)c1. The number of carbonyl (C=O) groups is 2. The van der Waals surface area contributed by atoms with E-state index in [1.165, 1.54) is 5.56 Å².